The summed E-state index contributed by atoms with van der Waals surface area (Å²) >= 11 is 3.11. The van der Waals surface area contributed by atoms with Crippen LogP contribution in [0.2, 0.25) is 0 Å². The second-order valence-electron chi connectivity index (χ2n) is 5.86. The van der Waals surface area contributed by atoms with Crippen LogP contribution < -0.4 is 0 Å². The van der Waals surface area contributed by atoms with E-state index >= 15 is 0 Å². The first kappa shape index (κ1) is 23.5. The summed E-state index contributed by atoms with van der Waals surface area (Å²) in [7, 11) is -2.54. The van der Waals surface area contributed by atoms with Gasteiger partial charge >= 0.3 is 12.1 Å². The highest BCUT2D eigenvalue weighted by atomic mass is 79.9. The average Bonchev–Trinajstić information content (AvgIpc) is 2.62. The van der Waals surface area contributed by atoms with Crippen molar-refractivity contribution in [3.8, 4) is 0 Å². The highest BCUT2D eigenvalue weighted by Crippen LogP contribution is 2.36. The van der Waals surface area contributed by atoms with Crippen molar-refractivity contribution in [1.82, 2.24) is 9.88 Å². The number of hydrogen-bond donors (Lipinski definition) is 1. The number of alkyl halides is 5. The lowest BCUT2D eigenvalue weighted by Gasteiger charge is -2.32. The Kier molecular flexibility index (Phi) is 6.59. The number of rotatable bonds is 6. The number of hydrogen-bond acceptors (Lipinski definition) is 7. The third-order valence-electron chi connectivity index (χ3n) is 3.85. The minimum atomic E-state index is -5.82. The molecule has 0 spiro atoms. The normalized spacial score (nSPS) is 18.4. The van der Waals surface area contributed by atoms with Crippen LogP contribution in [0, 0.1) is 0 Å². The molecule has 0 aliphatic carbocycles. The van der Waals surface area contributed by atoms with E-state index in [0.29, 0.717) is 4.47 Å². The third-order valence-corrected chi connectivity index (χ3v) is 6.03. The van der Waals surface area contributed by atoms with E-state index in [2.05, 4.69) is 30.6 Å². The Morgan fingerprint density at radius 3 is 2.48 bits per heavy atom. The summed E-state index contributed by atoms with van der Waals surface area (Å²) in [5, 5.41) is 10.2. The van der Waals surface area contributed by atoms with Crippen LogP contribution in [0.5, 0.6) is 0 Å². The second kappa shape index (κ2) is 8.14. The Balaban J connectivity index is 2.41. The molecule has 1 aliphatic heterocycles. The molecule has 1 aromatic rings. The number of pyridine rings is 1. The van der Waals surface area contributed by atoms with Crippen LogP contribution in [0.1, 0.15) is 12.6 Å². The van der Waals surface area contributed by atoms with Gasteiger partial charge in [0.2, 0.25) is 0 Å². The molecule has 0 saturated heterocycles. The Labute approximate surface area is 170 Å². The number of aliphatic hydroxyl groups is 1. The van der Waals surface area contributed by atoms with Gasteiger partial charge in [0.15, 0.2) is 34.3 Å². The van der Waals surface area contributed by atoms with Gasteiger partial charge in [0, 0.05) is 17.7 Å². The molecule has 29 heavy (non-hydrogen) atoms. The van der Waals surface area contributed by atoms with Crippen molar-refractivity contribution in [3.63, 3.8) is 0 Å². The van der Waals surface area contributed by atoms with Gasteiger partial charge in [0.25, 0.3) is 0 Å². The molecule has 162 valence electrons. The van der Waals surface area contributed by atoms with Crippen molar-refractivity contribution in [2.45, 2.75) is 30.1 Å². The number of amidine groups is 1. The molecule has 0 aromatic carbocycles. The fraction of sp³-hybridized carbons (Fsp3) is 0.467. The first-order valence-corrected chi connectivity index (χ1v) is 10.3. The maximum Gasteiger partial charge on any atom is 0.456 e. The summed E-state index contributed by atoms with van der Waals surface area (Å²) in [6.45, 7) is -0.641. The van der Waals surface area contributed by atoms with E-state index in [4.69, 9.17) is 0 Å². The molecular weight excluding hydrogens is 493 g/mol. The zero-order valence-electron chi connectivity index (χ0n) is 14.9. The van der Waals surface area contributed by atoms with Crippen molar-refractivity contribution >= 4 is 31.6 Å². The standard InChI is InChI=1S/C15H15BrF5N3O4S/c1-3-29(26,27)10-4-8(16)5-22-11(10)12-23-6-9(13(25)24(12)2)28-7-14(17,18)15(19,20)21/h4-6,13,25H,3,7H2,1-2H3. The topological polar surface area (TPSA) is 92.1 Å². The Morgan fingerprint density at radius 2 is 1.93 bits per heavy atom. The van der Waals surface area contributed by atoms with E-state index in [9.17, 15) is 35.5 Å². The molecule has 0 amide bonds. The number of sulfone groups is 1. The van der Waals surface area contributed by atoms with Gasteiger partial charge in [-0.3, -0.25) is 4.98 Å². The number of nitrogens with zero attached hydrogens (tertiary/aromatic N) is 3. The molecule has 1 aliphatic rings. The summed E-state index contributed by atoms with van der Waals surface area (Å²) in [5.74, 6) is -6.20. The Hall–Kier alpha value is -1.80. The van der Waals surface area contributed by atoms with Gasteiger partial charge < -0.3 is 14.7 Å². The molecule has 2 rings (SSSR count). The molecule has 1 aromatic heterocycles. The average molecular weight is 508 g/mol. The van der Waals surface area contributed by atoms with E-state index in [1.807, 2.05) is 0 Å². The van der Waals surface area contributed by atoms with Gasteiger partial charge in [-0.2, -0.15) is 22.0 Å². The van der Waals surface area contributed by atoms with Crippen LogP contribution in [-0.4, -0.2) is 67.0 Å². The third kappa shape index (κ3) is 4.86. The van der Waals surface area contributed by atoms with Crippen LogP contribution in [0.15, 0.2) is 38.6 Å². The van der Waals surface area contributed by atoms with Crippen molar-refractivity contribution in [3.05, 3.63) is 34.4 Å². The predicted octanol–water partition coefficient (Wildman–Crippen LogP) is 2.70. The van der Waals surface area contributed by atoms with Crippen molar-refractivity contribution in [2.75, 3.05) is 19.4 Å². The molecule has 2 heterocycles. The quantitative estimate of drug-likeness (QED) is 0.595. The van der Waals surface area contributed by atoms with Crippen LogP contribution in [-0.2, 0) is 14.6 Å². The summed E-state index contributed by atoms with van der Waals surface area (Å²) in [4.78, 5) is 8.57. The summed E-state index contributed by atoms with van der Waals surface area (Å²) in [6.07, 6.45) is -5.60. The fourth-order valence-corrected chi connectivity index (χ4v) is 3.71. The van der Waals surface area contributed by atoms with Gasteiger partial charge in [-0.25, -0.2) is 13.4 Å². The number of aliphatic imine (C=N–C) groups is 1. The van der Waals surface area contributed by atoms with E-state index < -0.39 is 40.5 Å². The predicted molar refractivity (Wildman–Crippen MR) is 95.0 cm³/mol. The second-order valence-corrected chi connectivity index (χ2v) is 9.03. The highest BCUT2D eigenvalue weighted by Gasteiger charge is 2.58. The molecule has 1 N–H and O–H groups in total. The van der Waals surface area contributed by atoms with E-state index in [0.717, 1.165) is 11.1 Å². The van der Waals surface area contributed by atoms with Crippen molar-refractivity contribution in [2.24, 2.45) is 4.99 Å². The van der Waals surface area contributed by atoms with Crippen LogP contribution in [0.4, 0.5) is 22.0 Å². The van der Waals surface area contributed by atoms with Gasteiger partial charge in [0.05, 0.1) is 16.8 Å². The van der Waals surface area contributed by atoms with Gasteiger partial charge in [-0.1, -0.05) is 6.92 Å². The molecule has 7 nitrogen and oxygen atoms in total. The number of likely N-dealkylation sites (N-methyl/N-ethyl adjacent to an activating group) is 1. The molecule has 0 saturated carbocycles. The lowest BCUT2D eigenvalue weighted by Crippen LogP contribution is -2.45. The lowest BCUT2D eigenvalue weighted by atomic mass is 10.2. The summed E-state index contributed by atoms with van der Waals surface area (Å²) < 4.78 is 92.3. The summed E-state index contributed by atoms with van der Waals surface area (Å²) in [6, 6.07) is 1.28. The molecular formula is C15H15BrF5N3O4S. The highest BCUT2D eigenvalue weighted by molar-refractivity contribution is 9.10. The van der Waals surface area contributed by atoms with E-state index in [1.165, 1.54) is 26.2 Å². The summed E-state index contributed by atoms with van der Waals surface area (Å²) in [5.41, 5.74) is -0.132. The Bertz CT molecular complexity index is 950. The van der Waals surface area contributed by atoms with Crippen molar-refractivity contribution in [1.29, 1.82) is 0 Å². The zero-order chi connectivity index (χ0) is 22.2. The van der Waals surface area contributed by atoms with E-state index in [1.54, 1.807) is 0 Å². The number of aromatic nitrogens is 1. The maximum atomic E-state index is 13.0. The maximum absolute atomic E-state index is 13.0. The smallest absolute Gasteiger partial charge is 0.456 e. The molecule has 0 fully saturated rings. The number of aliphatic hydroxyl groups excluding tert-OH is 1. The van der Waals surface area contributed by atoms with Crippen LogP contribution in [0.3, 0.4) is 0 Å². The molecule has 1 atom stereocenters. The number of ether oxygens (including phenoxy) is 1. The van der Waals surface area contributed by atoms with Gasteiger partial charge in [0.1, 0.15) is 5.69 Å². The Morgan fingerprint density at radius 1 is 1.31 bits per heavy atom. The lowest BCUT2D eigenvalue weighted by molar-refractivity contribution is -0.295. The molecule has 14 heteroatoms. The van der Waals surface area contributed by atoms with Gasteiger partial charge in [-0.15, -0.1) is 0 Å². The van der Waals surface area contributed by atoms with Gasteiger partial charge in [-0.05, 0) is 22.0 Å². The first-order chi connectivity index (χ1) is 13.2. The number of halogens is 6. The monoisotopic (exact) mass is 507 g/mol. The molecule has 0 radical (unpaired) electrons. The zero-order valence-corrected chi connectivity index (χ0v) is 17.3. The van der Waals surface area contributed by atoms with Crippen molar-refractivity contribution < 1.29 is 40.2 Å². The molecule has 1 unspecified atom stereocenters. The SMILES string of the molecule is CCS(=O)(=O)c1cc(Br)cnc1C1=NC=C(OCC(F)(F)C(F)(F)F)C(O)N1C. The van der Waals surface area contributed by atoms with E-state index in [-0.39, 0.29) is 22.2 Å². The molecule has 0 bridgehead atoms. The first-order valence-electron chi connectivity index (χ1n) is 7.86. The largest absolute Gasteiger partial charge is 0.485 e. The minimum Gasteiger partial charge on any atom is -0.485 e. The van der Waals surface area contributed by atoms with Crippen LogP contribution in [0.25, 0.3) is 0 Å². The fourth-order valence-electron chi connectivity index (χ4n) is 2.17. The minimum absolute atomic E-state index is 0.132. The van der Waals surface area contributed by atoms with Crippen LogP contribution >= 0.6 is 15.9 Å².